The van der Waals surface area contributed by atoms with Crippen LogP contribution in [0.3, 0.4) is 0 Å². The molecule has 0 spiro atoms. The second-order valence-electron chi connectivity index (χ2n) is 3.96. The summed E-state index contributed by atoms with van der Waals surface area (Å²) >= 11 is 0. The van der Waals surface area contributed by atoms with Crippen LogP contribution >= 0.6 is 0 Å². The van der Waals surface area contributed by atoms with Crippen molar-refractivity contribution in [2.45, 2.75) is 12.3 Å². The normalized spacial score (nSPS) is 14.0. The molecule has 4 heteroatoms. The third-order valence-corrected chi connectivity index (χ3v) is 2.84. The molecule has 0 aliphatic carbocycles. The van der Waals surface area contributed by atoms with Crippen molar-refractivity contribution in [3.8, 4) is 5.75 Å². The van der Waals surface area contributed by atoms with Crippen molar-refractivity contribution in [2.24, 2.45) is 0 Å². The highest BCUT2D eigenvalue weighted by molar-refractivity contribution is 5.85. The minimum atomic E-state index is -0.878. The number of esters is 1. The highest BCUT2D eigenvalue weighted by atomic mass is 16.5. The van der Waals surface area contributed by atoms with E-state index in [4.69, 9.17) is 14.2 Å². The molecule has 1 rings (SSSR count). The van der Waals surface area contributed by atoms with Crippen LogP contribution in [0.15, 0.2) is 36.6 Å². The summed E-state index contributed by atoms with van der Waals surface area (Å²) < 4.78 is 14.8. The molecule has 0 amide bonds. The molecule has 0 aromatic heterocycles. The van der Waals surface area contributed by atoms with Crippen molar-refractivity contribution in [1.29, 1.82) is 0 Å². The van der Waals surface area contributed by atoms with E-state index < -0.39 is 5.41 Å². The molecule has 0 N–H and O–H groups in total. The Balaban J connectivity index is 3.16. The smallest absolute Gasteiger partial charge is 0.320 e. The SMILES string of the molecule is CO/C=C/[C@](C)(C(=O)OC)c1ccc(OC)cc1. The fourth-order valence-corrected chi connectivity index (χ4v) is 1.64. The number of carbonyl (C=O) groups is 1. The summed E-state index contributed by atoms with van der Waals surface area (Å²) in [5, 5.41) is 0. The van der Waals surface area contributed by atoms with Gasteiger partial charge in [0.25, 0.3) is 0 Å². The number of hydrogen-bond donors (Lipinski definition) is 0. The van der Waals surface area contributed by atoms with Gasteiger partial charge in [0.2, 0.25) is 0 Å². The molecule has 0 aliphatic heterocycles. The molecule has 4 nitrogen and oxygen atoms in total. The second kappa shape index (κ2) is 6.10. The summed E-state index contributed by atoms with van der Waals surface area (Å²) in [7, 11) is 4.49. The van der Waals surface area contributed by atoms with Crippen molar-refractivity contribution < 1.29 is 19.0 Å². The van der Waals surface area contributed by atoms with Crippen molar-refractivity contribution in [1.82, 2.24) is 0 Å². The fraction of sp³-hybridized carbons (Fsp3) is 0.357. The zero-order valence-corrected chi connectivity index (χ0v) is 11.1. The quantitative estimate of drug-likeness (QED) is 0.594. The van der Waals surface area contributed by atoms with E-state index >= 15 is 0 Å². The third-order valence-electron chi connectivity index (χ3n) is 2.84. The van der Waals surface area contributed by atoms with Crippen molar-refractivity contribution in [3.05, 3.63) is 42.2 Å². The highest BCUT2D eigenvalue weighted by Crippen LogP contribution is 2.28. The number of carbonyl (C=O) groups excluding carboxylic acids is 1. The third kappa shape index (κ3) is 2.83. The molecule has 0 radical (unpaired) electrons. The Morgan fingerprint density at radius 2 is 1.78 bits per heavy atom. The van der Waals surface area contributed by atoms with Gasteiger partial charge in [0.15, 0.2) is 0 Å². The fourth-order valence-electron chi connectivity index (χ4n) is 1.64. The van der Waals surface area contributed by atoms with Gasteiger partial charge in [0.05, 0.1) is 27.6 Å². The van der Waals surface area contributed by atoms with E-state index in [-0.39, 0.29) is 5.97 Å². The lowest BCUT2D eigenvalue weighted by Crippen LogP contribution is -2.31. The molecule has 0 saturated carbocycles. The Labute approximate surface area is 107 Å². The van der Waals surface area contributed by atoms with E-state index in [0.717, 1.165) is 11.3 Å². The minimum Gasteiger partial charge on any atom is -0.505 e. The standard InChI is InChI=1S/C14H18O4/c1-14(9-10-16-2,13(15)18-4)11-5-7-12(17-3)8-6-11/h5-10H,1-4H3/b10-9+/t14-/m0/s1. The van der Waals surface area contributed by atoms with Gasteiger partial charge in [0, 0.05) is 0 Å². The molecule has 1 aromatic rings. The summed E-state index contributed by atoms with van der Waals surface area (Å²) in [6.07, 6.45) is 3.14. The molecule has 0 saturated heterocycles. The van der Waals surface area contributed by atoms with Gasteiger partial charge in [-0.05, 0) is 30.7 Å². The van der Waals surface area contributed by atoms with Crippen LogP contribution in [0.4, 0.5) is 0 Å². The maximum Gasteiger partial charge on any atom is 0.320 e. The highest BCUT2D eigenvalue weighted by Gasteiger charge is 2.34. The number of hydrogen-bond acceptors (Lipinski definition) is 4. The summed E-state index contributed by atoms with van der Waals surface area (Å²) in [4.78, 5) is 11.9. The van der Waals surface area contributed by atoms with E-state index in [0.29, 0.717) is 0 Å². The Bertz CT molecular complexity index is 422. The first-order chi connectivity index (χ1) is 8.58. The maximum absolute atomic E-state index is 11.9. The molecule has 1 atom stereocenters. The zero-order valence-electron chi connectivity index (χ0n) is 11.1. The van der Waals surface area contributed by atoms with Gasteiger partial charge in [-0.25, -0.2) is 0 Å². The molecule has 1 aromatic carbocycles. The van der Waals surface area contributed by atoms with E-state index in [2.05, 4.69) is 0 Å². The summed E-state index contributed by atoms with van der Waals surface area (Å²) in [6.45, 7) is 1.77. The molecule has 0 aliphatic rings. The lowest BCUT2D eigenvalue weighted by atomic mass is 9.82. The first kappa shape index (κ1) is 14.1. The maximum atomic E-state index is 11.9. The van der Waals surface area contributed by atoms with Gasteiger partial charge in [-0.15, -0.1) is 0 Å². The van der Waals surface area contributed by atoms with Crippen molar-refractivity contribution in [2.75, 3.05) is 21.3 Å². The first-order valence-electron chi connectivity index (χ1n) is 5.52. The lowest BCUT2D eigenvalue weighted by molar-refractivity contribution is -0.145. The average Bonchev–Trinajstić information content (AvgIpc) is 2.43. The largest absolute Gasteiger partial charge is 0.505 e. The van der Waals surface area contributed by atoms with Crippen LogP contribution in [-0.4, -0.2) is 27.3 Å². The molecule has 0 unspecified atom stereocenters. The number of ether oxygens (including phenoxy) is 3. The molecule has 0 fully saturated rings. The number of methoxy groups -OCH3 is 3. The summed E-state index contributed by atoms with van der Waals surface area (Å²) in [5.41, 5.74) is -0.0692. The van der Waals surface area contributed by atoms with Crippen molar-refractivity contribution >= 4 is 5.97 Å². The van der Waals surface area contributed by atoms with E-state index in [9.17, 15) is 4.79 Å². The van der Waals surface area contributed by atoms with E-state index in [1.54, 1.807) is 32.2 Å². The van der Waals surface area contributed by atoms with Gasteiger partial charge in [-0.2, -0.15) is 0 Å². The monoisotopic (exact) mass is 250 g/mol. The van der Waals surface area contributed by atoms with Gasteiger partial charge in [-0.3, -0.25) is 4.79 Å². The first-order valence-corrected chi connectivity index (χ1v) is 5.52. The zero-order chi connectivity index (χ0) is 13.6. The Morgan fingerprint density at radius 3 is 2.22 bits per heavy atom. The van der Waals surface area contributed by atoms with Crippen LogP contribution in [-0.2, 0) is 19.7 Å². The van der Waals surface area contributed by atoms with Gasteiger partial charge in [-0.1, -0.05) is 12.1 Å². The van der Waals surface area contributed by atoms with Crippen LogP contribution in [0.25, 0.3) is 0 Å². The molecule has 18 heavy (non-hydrogen) atoms. The number of rotatable bonds is 5. The Morgan fingerprint density at radius 1 is 1.17 bits per heavy atom. The van der Waals surface area contributed by atoms with Crippen LogP contribution in [0.1, 0.15) is 12.5 Å². The Kier molecular flexibility index (Phi) is 4.77. The van der Waals surface area contributed by atoms with E-state index in [1.807, 2.05) is 12.1 Å². The topological polar surface area (TPSA) is 44.8 Å². The predicted molar refractivity (Wildman–Crippen MR) is 68.5 cm³/mol. The van der Waals surface area contributed by atoms with Crippen LogP contribution in [0.2, 0.25) is 0 Å². The lowest BCUT2D eigenvalue weighted by Gasteiger charge is -2.23. The van der Waals surface area contributed by atoms with Gasteiger partial charge >= 0.3 is 5.97 Å². The van der Waals surface area contributed by atoms with E-state index in [1.165, 1.54) is 20.5 Å². The van der Waals surface area contributed by atoms with Crippen LogP contribution in [0.5, 0.6) is 5.75 Å². The summed E-state index contributed by atoms with van der Waals surface area (Å²) in [6, 6.07) is 7.26. The minimum absolute atomic E-state index is 0.346. The second-order valence-corrected chi connectivity index (χ2v) is 3.96. The molecular formula is C14H18O4. The molecule has 0 heterocycles. The molecule has 98 valence electrons. The molecule has 0 bridgehead atoms. The van der Waals surface area contributed by atoms with Gasteiger partial charge in [0.1, 0.15) is 11.2 Å². The van der Waals surface area contributed by atoms with Gasteiger partial charge < -0.3 is 14.2 Å². The summed E-state index contributed by atoms with van der Waals surface area (Å²) in [5.74, 6) is 0.391. The number of benzene rings is 1. The molecular weight excluding hydrogens is 232 g/mol. The Hall–Kier alpha value is -1.97. The van der Waals surface area contributed by atoms with Crippen LogP contribution < -0.4 is 4.74 Å². The van der Waals surface area contributed by atoms with Crippen molar-refractivity contribution in [3.63, 3.8) is 0 Å². The predicted octanol–water partition coefficient (Wildman–Crippen LogP) is 2.29. The van der Waals surface area contributed by atoms with Crippen LogP contribution in [0, 0.1) is 0 Å². The average molecular weight is 250 g/mol.